The summed E-state index contributed by atoms with van der Waals surface area (Å²) in [5.74, 6) is -0.330. The molecule has 0 radical (unpaired) electrons. The molecule has 9 heavy (non-hydrogen) atoms. The lowest BCUT2D eigenvalue weighted by Crippen LogP contribution is -2.11. The molecule has 0 unspecified atom stereocenters. The molecular formula is C5H7NO2S. The fraction of sp³-hybridized carbons (Fsp3) is 0.600. The van der Waals surface area contributed by atoms with Crippen LogP contribution in [-0.4, -0.2) is 27.9 Å². The third-order valence-corrected chi connectivity index (χ3v) is 2.07. The number of carbonyl (C=O) groups is 1. The van der Waals surface area contributed by atoms with Crippen molar-refractivity contribution in [2.75, 3.05) is 5.75 Å². The van der Waals surface area contributed by atoms with Gasteiger partial charge in [-0.3, -0.25) is 4.99 Å². The van der Waals surface area contributed by atoms with Gasteiger partial charge in [0, 0.05) is 5.75 Å². The molecule has 4 heteroatoms. The van der Waals surface area contributed by atoms with E-state index in [1.165, 1.54) is 0 Å². The van der Waals surface area contributed by atoms with Crippen molar-refractivity contribution in [3.8, 4) is 0 Å². The zero-order valence-corrected chi connectivity index (χ0v) is 5.81. The molecule has 0 aromatic heterocycles. The number of hydrogen-bond acceptors (Lipinski definition) is 3. The minimum atomic E-state index is -0.883. The fourth-order valence-electron chi connectivity index (χ4n) is 0.610. The third-order valence-electron chi connectivity index (χ3n) is 1.05. The maximum atomic E-state index is 10.2. The molecule has 1 atom stereocenters. The topological polar surface area (TPSA) is 49.7 Å². The summed E-state index contributed by atoms with van der Waals surface area (Å²) < 4.78 is 0. The quantitative estimate of drug-likeness (QED) is 0.588. The predicted molar refractivity (Wildman–Crippen MR) is 37.0 cm³/mol. The molecule has 50 valence electrons. The van der Waals surface area contributed by atoms with Crippen molar-refractivity contribution in [2.24, 2.45) is 4.99 Å². The van der Waals surface area contributed by atoms with E-state index >= 15 is 0 Å². The summed E-state index contributed by atoms with van der Waals surface area (Å²) in [7, 11) is 0. The monoisotopic (exact) mass is 145 g/mol. The Morgan fingerprint density at radius 3 is 2.89 bits per heavy atom. The van der Waals surface area contributed by atoms with Crippen LogP contribution in [0.25, 0.3) is 0 Å². The number of aliphatic carboxylic acids is 1. The van der Waals surface area contributed by atoms with Crippen molar-refractivity contribution in [3.63, 3.8) is 0 Å². The lowest BCUT2D eigenvalue weighted by atomic mass is 10.4. The first-order valence-corrected chi connectivity index (χ1v) is 3.66. The van der Waals surface area contributed by atoms with Gasteiger partial charge in [0.2, 0.25) is 0 Å². The minimum absolute atomic E-state index is 0.135. The second-order valence-electron chi connectivity index (χ2n) is 1.79. The molecule has 0 spiro atoms. The van der Waals surface area contributed by atoms with E-state index in [2.05, 4.69) is 4.99 Å². The minimum Gasteiger partial charge on any atom is -0.477 e. The highest BCUT2D eigenvalue weighted by Crippen LogP contribution is 2.18. The van der Waals surface area contributed by atoms with Crippen LogP contribution in [0.15, 0.2) is 4.99 Å². The maximum absolute atomic E-state index is 10.2. The van der Waals surface area contributed by atoms with Crippen LogP contribution < -0.4 is 0 Å². The zero-order valence-electron chi connectivity index (χ0n) is 5.00. The first kappa shape index (κ1) is 6.61. The molecule has 1 rings (SSSR count). The predicted octanol–water partition coefficient (Wildman–Crippen LogP) is 0.605. The second kappa shape index (κ2) is 2.39. The Morgan fingerprint density at radius 2 is 2.67 bits per heavy atom. The van der Waals surface area contributed by atoms with Crippen molar-refractivity contribution in [2.45, 2.75) is 12.3 Å². The Hall–Kier alpha value is -0.510. The normalized spacial score (nSPS) is 25.9. The van der Waals surface area contributed by atoms with Gasteiger partial charge < -0.3 is 5.11 Å². The van der Waals surface area contributed by atoms with Gasteiger partial charge in [0.05, 0.1) is 5.37 Å². The van der Waals surface area contributed by atoms with Crippen LogP contribution in [0, 0.1) is 0 Å². The highest BCUT2D eigenvalue weighted by molar-refractivity contribution is 8.01. The summed E-state index contributed by atoms with van der Waals surface area (Å²) >= 11 is 1.55. The molecule has 0 amide bonds. The van der Waals surface area contributed by atoms with Gasteiger partial charge in [-0.1, -0.05) is 0 Å². The van der Waals surface area contributed by atoms with E-state index in [4.69, 9.17) is 5.11 Å². The van der Waals surface area contributed by atoms with E-state index < -0.39 is 5.97 Å². The van der Waals surface area contributed by atoms with E-state index in [1.807, 2.05) is 6.92 Å². The molecule has 0 aromatic rings. The Bertz CT molecular complexity index is 166. The molecule has 0 fully saturated rings. The Morgan fingerprint density at radius 1 is 2.00 bits per heavy atom. The summed E-state index contributed by atoms with van der Waals surface area (Å²) in [6, 6.07) is 0. The number of hydrogen-bond donors (Lipinski definition) is 1. The van der Waals surface area contributed by atoms with Crippen LogP contribution in [0.2, 0.25) is 0 Å². The van der Waals surface area contributed by atoms with E-state index in [-0.39, 0.29) is 5.37 Å². The summed E-state index contributed by atoms with van der Waals surface area (Å²) in [6.45, 7) is 1.89. The molecule has 1 aliphatic heterocycles. The second-order valence-corrected chi connectivity index (χ2v) is 3.10. The van der Waals surface area contributed by atoms with Crippen LogP contribution >= 0.6 is 11.8 Å². The fourth-order valence-corrected chi connectivity index (χ4v) is 1.41. The number of rotatable bonds is 1. The summed E-state index contributed by atoms with van der Waals surface area (Å²) in [5.41, 5.74) is 0.299. The number of thioether (sulfide) groups is 1. The zero-order chi connectivity index (χ0) is 6.85. The molecule has 1 N–H and O–H groups in total. The molecule has 3 nitrogen and oxygen atoms in total. The van der Waals surface area contributed by atoms with Gasteiger partial charge in [0.25, 0.3) is 0 Å². The van der Waals surface area contributed by atoms with Gasteiger partial charge in [-0.2, -0.15) is 0 Å². The van der Waals surface area contributed by atoms with Crippen LogP contribution in [0.4, 0.5) is 0 Å². The number of aliphatic imine (C=N–C) groups is 1. The van der Waals surface area contributed by atoms with Crippen LogP contribution in [0.3, 0.4) is 0 Å². The highest BCUT2D eigenvalue weighted by Gasteiger charge is 2.18. The summed E-state index contributed by atoms with van der Waals surface area (Å²) in [4.78, 5) is 14.1. The first-order chi connectivity index (χ1) is 4.20. The number of carboxylic acids is 1. The van der Waals surface area contributed by atoms with E-state index in [0.717, 1.165) is 0 Å². The van der Waals surface area contributed by atoms with Gasteiger partial charge in [0.15, 0.2) is 0 Å². The molecule has 0 aliphatic carbocycles. The largest absolute Gasteiger partial charge is 0.477 e. The van der Waals surface area contributed by atoms with E-state index in [9.17, 15) is 4.79 Å². The smallest absolute Gasteiger partial charge is 0.350 e. The molecule has 1 aliphatic rings. The lowest BCUT2D eigenvalue weighted by molar-refractivity contribution is -0.129. The van der Waals surface area contributed by atoms with Crippen molar-refractivity contribution in [1.29, 1.82) is 0 Å². The van der Waals surface area contributed by atoms with Crippen molar-refractivity contribution >= 4 is 23.4 Å². The first-order valence-electron chi connectivity index (χ1n) is 2.61. The van der Waals surface area contributed by atoms with Gasteiger partial charge in [-0.05, 0) is 6.92 Å². The van der Waals surface area contributed by atoms with Gasteiger partial charge in [-0.15, -0.1) is 11.8 Å². The molecule has 1 heterocycles. The van der Waals surface area contributed by atoms with Gasteiger partial charge >= 0.3 is 5.97 Å². The average Bonchev–Trinajstić information content (AvgIpc) is 2.14. The van der Waals surface area contributed by atoms with Crippen LogP contribution in [-0.2, 0) is 4.79 Å². The van der Waals surface area contributed by atoms with Crippen LogP contribution in [0.1, 0.15) is 6.92 Å². The molecule has 0 aromatic carbocycles. The third kappa shape index (κ3) is 1.45. The Kier molecular flexibility index (Phi) is 1.75. The Labute approximate surface area is 57.2 Å². The molecular weight excluding hydrogens is 138 g/mol. The van der Waals surface area contributed by atoms with Crippen molar-refractivity contribution in [3.05, 3.63) is 0 Å². The molecule has 0 bridgehead atoms. The van der Waals surface area contributed by atoms with Gasteiger partial charge in [0.1, 0.15) is 5.71 Å². The number of nitrogens with zero attached hydrogens (tertiary/aromatic N) is 1. The average molecular weight is 145 g/mol. The SMILES string of the molecule is C[C@@H]1N=C(C(=O)O)CS1. The molecule has 0 saturated heterocycles. The lowest BCUT2D eigenvalue weighted by Gasteiger charge is -1.88. The van der Waals surface area contributed by atoms with Gasteiger partial charge in [-0.25, -0.2) is 4.79 Å². The maximum Gasteiger partial charge on any atom is 0.350 e. The molecule has 0 saturated carbocycles. The standard InChI is InChI=1S/C5H7NO2S/c1-3-6-4(2-9-3)5(7)8/h3H,2H2,1H3,(H,7,8)/t3-/m1/s1. The van der Waals surface area contributed by atoms with Crippen molar-refractivity contribution < 1.29 is 9.90 Å². The van der Waals surface area contributed by atoms with E-state index in [0.29, 0.717) is 11.5 Å². The summed E-state index contributed by atoms with van der Waals surface area (Å²) in [6.07, 6.45) is 0. The van der Waals surface area contributed by atoms with Crippen LogP contribution in [0.5, 0.6) is 0 Å². The highest BCUT2D eigenvalue weighted by atomic mass is 32.2. The summed E-state index contributed by atoms with van der Waals surface area (Å²) in [5, 5.41) is 8.52. The van der Waals surface area contributed by atoms with E-state index in [1.54, 1.807) is 11.8 Å². The van der Waals surface area contributed by atoms with Crippen molar-refractivity contribution in [1.82, 2.24) is 0 Å². The number of carboxylic acid groups (broad SMARTS) is 1. The Balaban J connectivity index is 2.62.